The maximum atomic E-state index is 9.49. The van der Waals surface area contributed by atoms with Crippen molar-refractivity contribution in [1.82, 2.24) is 0 Å². The van der Waals surface area contributed by atoms with Crippen molar-refractivity contribution >= 4 is 5.69 Å². The molecule has 1 N–H and O–H groups in total. The molecule has 3 heteroatoms. The van der Waals surface area contributed by atoms with E-state index in [1.54, 1.807) is 6.92 Å². The van der Waals surface area contributed by atoms with Crippen molar-refractivity contribution in [2.45, 2.75) is 13.2 Å². The lowest BCUT2D eigenvalue weighted by Gasteiger charge is -2.33. The smallest absolute Gasteiger partial charge is 0.142 e. The van der Waals surface area contributed by atoms with Crippen LogP contribution in [-0.2, 0) is 0 Å². The van der Waals surface area contributed by atoms with Gasteiger partial charge >= 0.3 is 0 Å². The van der Waals surface area contributed by atoms with E-state index >= 15 is 0 Å². The zero-order chi connectivity index (χ0) is 9.26. The van der Waals surface area contributed by atoms with E-state index in [1.165, 1.54) is 0 Å². The van der Waals surface area contributed by atoms with Gasteiger partial charge in [-0.05, 0) is 19.1 Å². The Morgan fingerprint density at radius 3 is 3.00 bits per heavy atom. The molecule has 0 radical (unpaired) electrons. The number of fused-ring (bicyclic) bond motifs is 1. The van der Waals surface area contributed by atoms with Gasteiger partial charge in [-0.1, -0.05) is 12.1 Å². The summed E-state index contributed by atoms with van der Waals surface area (Å²) in [6.45, 7) is 3.15. The van der Waals surface area contributed by atoms with Crippen molar-refractivity contribution in [1.29, 1.82) is 0 Å². The Kier molecular flexibility index (Phi) is 2.10. The van der Waals surface area contributed by atoms with Crippen LogP contribution in [0.4, 0.5) is 5.69 Å². The molecule has 0 aliphatic carbocycles. The largest absolute Gasteiger partial charge is 0.490 e. The molecule has 1 aromatic rings. The van der Waals surface area contributed by atoms with Crippen molar-refractivity contribution in [3.63, 3.8) is 0 Å². The number of aliphatic hydroxyl groups is 1. The number of para-hydroxylation sites is 2. The highest BCUT2D eigenvalue weighted by atomic mass is 16.5. The number of ether oxygens (including phenoxy) is 1. The second-order valence-corrected chi connectivity index (χ2v) is 3.14. The Morgan fingerprint density at radius 2 is 2.23 bits per heavy atom. The first-order chi connectivity index (χ1) is 6.29. The average Bonchev–Trinajstić information content (AvgIpc) is 2.17. The van der Waals surface area contributed by atoms with E-state index in [-0.39, 0.29) is 0 Å². The van der Waals surface area contributed by atoms with Gasteiger partial charge in [-0.2, -0.15) is 0 Å². The molecule has 0 saturated carbocycles. The SMILES string of the molecule is CC(O)N1CCOc2ccccc21. The van der Waals surface area contributed by atoms with Crippen molar-refractivity contribution in [3.8, 4) is 5.75 Å². The monoisotopic (exact) mass is 179 g/mol. The van der Waals surface area contributed by atoms with Crippen molar-refractivity contribution in [2.24, 2.45) is 0 Å². The fourth-order valence-electron chi connectivity index (χ4n) is 1.58. The van der Waals surface area contributed by atoms with E-state index in [0.29, 0.717) is 6.61 Å². The average molecular weight is 179 g/mol. The van der Waals surface area contributed by atoms with Gasteiger partial charge < -0.3 is 14.7 Å². The molecule has 2 rings (SSSR count). The van der Waals surface area contributed by atoms with E-state index in [9.17, 15) is 5.11 Å². The first-order valence-corrected chi connectivity index (χ1v) is 4.45. The Hall–Kier alpha value is -1.22. The number of aliphatic hydroxyl groups excluding tert-OH is 1. The molecule has 13 heavy (non-hydrogen) atoms. The van der Waals surface area contributed by atoms with Crippen LogP contribution in [0.5, 0.6) is 5.75 Å². The van der Waals surface area contributed by atoms with Gasteiger partial charge in [0.25, 0.3) is 0 Å². The summed E-state index contributed by atoms with van der Waals surface area (Å²) in [6.07, 6.45) is -0.454. The molecule has 3 nitrogen and oxygen atoms in total. The first kappa shape index (κ1) is 8.38. The standard InChI is InChI=1S/C10H13NO2/c1-8(12)11-6-7-13-10-5-3-2-4-9(10)11/h2-5,8,12H,6-7H2,1H3. The Labute approximate surface area is 77.6 Å². The number of hydrogen-bond acceptors (Lipinski definition) is 3. The van der Waals surface area contributed by atoms with Crippen molar-refractivity contribution < 1.29 is 9.84 Å². The summed E-state index contributed by atoms with van der Waals surface area (Å²) < 4.78 is 5.45. The van der Waals surface area contributed by atoms with Crippen molar-refractivity contribution in [3.05, 3.63) is 24.3 Å². The number of hydrogen-bond donors (Lipinski definition) is 1. The van der Waals surface area contributed by atoms with Crippen LogP contribution in [0, 0.1) is 0 Å². The zero-order valence-electron chi connectivity index (χ0n) is 7.60. The fourth-order valence-corrected chi connectivity index (χ4v) is 1.58. The summed E-state index contributed by atoms with van der Waals surface area (Å²) in [6, 6.07) is 7.76. The van der Waals surface area contributed by atoms with Gasteiger partial charge in [0.15, 0.2) is 0 Å². The van der Waals surface area contributed by atoms with Gasteiger partial charge in [0, 0.05) is 0 Å². The third kappa shape index (κ3) is 1.47. The lowest BCUT2D eigenvalue weighted by atomic mass is 10.2. The molecule has 1 unspecified atom stereocenters. The maximum absolute atomic E-state index is 9.49. The van der Waals surface area contributed by atoms with Crippen molar-refractivity contribution in [2.75, 3.05) is 18.1 Å². The third-order valence-corrected chi connectivity index (χ3v) is 2.22. The van der Waals surface area contributed by atoms with E-state index in [4.69, 9.17) is 4.74 Å². The lowest BCUT2D eigenvalue weighted by Crippen LogP contribution is -2.39. The molecule has 0 fully saturated rings. The Morgan fingerprint density at radius 1 is 1.46 bits per heavy atom. The fraction of sp³-hybridized carbons (Fsp3) is 0.400. The molecule has 0 aromatic heterocycles. The number of nitrogens with zero attached hydrogens (tertiary/aromatic N) is 1. The third-order valence-electron chi connectivity index (χ3n) is 2.22. The molecule has 1 aliphatic rings. The van der Waals surface area contributed by atoms with E-state index in [1.807, 2.05) is 29.2 Å². The minimum absolute atomic E-state index is 0.454. The molecule has 1 aromatic carbocycles. The predicted octanol–water partition coefficient (Wildman–Crippen LogP) is 1.22. The topological polar surface area (TPSA) is 32.7 Å². The van der Waals surface area contributed by atoms with Crippen LogP contribution in [0.25, 0.3) is 0 Å². The van der Waals surface area contributed by atoms with E-state index in [2.05, 4.69) is 0 Å². The summed E-state index contributed by atoms with van der Waals surface area (Å²) in [7, 11) is 0. The first-order valence-electron chi connectivity index (χ1n) is 4.45. The molecule has 1 aliphatic heterocycles. The normalized spacial score (nSPS) is 17.5. The number of anilines is 1. The predicted molar refractivity (Wildman–Crippen MR) is 51.0 cm³/mol. The minimum Gasteiger partial charge on any atom is -0.490 e. The summed E-state index contributed by atoms with van der Waals surface area (Å²) in [5.74, 6) is 0.856. The highest BCUT2D eigenvalue weighted by Gasteiger charge is 2.19. The zero-order valence-corrected chi connectivity index (χ0v) is 7.60. The van der Waals surface area contributed by atoms with Crippen LogP contribution >= 0.6 is 0 Å². The highest BCUT2D eigenvalue weighted by molar-refractivity contribution is 5.59. The van der Waals surface area contributed by atoms with Crippen LogP contribution in [0.3, 0.4) is 0 Å². The van der Waals surface area contributed by atoms with Crippen LogP contribution in [0.15, 0.2) is 24.3 Å². The Balaban J connectivity index is 2.37. The maximum Gasteiger partial charge on any atom is 0.142 e. The van der Waals surface area contributed by atoms with Gasteiger partial charge in [0.05, 0.1) is 12.2 Å². The molecule has 0 amide bonds. The molecule has 0 saturated heterocycles. The second-order valence-electron chi connectivity index (χ2n) is 3.14. The van der Waals surface area contributed by atoms with Gasteiger partial charge in [-0.3, -0.25) is 0 Å². The van der Waals surface area contributed by atoms with Gasteiger partial charge in [-0.15, -0.1) is 0 Å². The van der Waals surface area contributed by atoms with Gasteiger partial charge in [0.2, 0.25) is 0 Å². The molecule has 0 bridgehead atoms. The Bertz CT molecular complexity index is 299. The number of benzene rings is 1. The molecule has 1 atom stereocenters. The molecular weight excluding hydrogens is 166 g/mol. The van der Waals surface area contributed by atoms with Crippen LogP contribution < -0.4 is 9.64 Å². The second kappa shape index (κ2) is 3.26. The quantitative estimate of drug-likeness (QED) is 0.703. The van der Waals surface area contributed by atoms with Crippen LogP contribution in [0.1, 0.15) is 6.92 Å². The minimum atomic E-state index is -0.454. The van der Waals surface area contributed by atoms with Crippen LogP contribution in [-0.4, -0.2) is 24.5 Å². The van der Waals surface area contributed by atoms with Gasteiger partial charge in [0.1, 0.15) is 18.6 Å². The molecule has 0 spiro atoms. The van der Waals surface area contributed by atoms with E-state index < -0.39 is 6.23 Å². The number of rotatable bonds is 1. The molecule has 1 heterocycles. The highest BCUT2D eigenvalue weighted by Crippen LogP contribution is 2.31. The van der Waals surface area contributed by atoms with Crippen LogP contribution in [0.2, 0.25) is 0 Å². The summed E-state index contributed by atoms with van der Waals surface area (Å²) >= 11 is 0. The summed E-state index contributed by atoms with van der Waals surface area (Å²) in [5, 5.41) is 9.49. The summed E-state index contributed by atoms with van der Waals surface area (Å²) in [5.41, 5.74) is 0.976. The molecule has 70 valence electrons. The van der Waals surface area contributed by atoms with E-state index in [0.717, 1.165) is 18.0 Å². The van der Waals surface area contributed by atoms with Gasteiger partial charge in [-0.25, -0.2) is 0 Å². The summed E-state index contributed by atoms with van der Waals surface area (Å²) in [4.78, 5) is 1.93. The lowest BCUT2D eigenvalue weighted by molar-refractivity contribution is 0.171. The molecular formula is C10H13NO2.